The lowest BCUT2D eigenvalue weighted by molar-refractivity contribution is -0.180. The van der Waals surface area contributed by atoms with Gasteiger partial charge in [0.15, 0.2) is 21.7 Å². The minimum absolute atomic E-state index is 0.0147. The molecule has 0 aliphatic carbocycles. The molecule has 35 nitrogen and oxygen atoms in total. The first-order chi connectivity index (χ1) is 48.2. The Balaban J connectivity index is 0.000000292. The predicted octanol–water partition coefficient (Wildman–Crippen LogP) is 6.22. The van der Waals surface area contributed by atoms with Gasteiger partial charge < -0.3 is 73.3 Å². The van der Waals surface area contributed by atoms with Crippen molar-refractivity contribution in [1.29, 1.82) is 0 Å². The molecule has 568 valence electrons. The average molecular weight is 1510 g/mol. The highest BCUT2D eigenvalue weighted by Gasteiger charge is 2.56. The molecule has 6 heterocycles. The number of carbonyl (C=O) groups is 10. The zero-order chi connectivity index (χ0) is 77.1. The van der Waals surface area contributed by atoms with E-state index in [1.807, 2.05) is 60.7 Å². The molecule has 4 fully saturated rings. The second-order valence-electron chi connectivity index (χ2n) is 28.9. The summed E-state index contributed by atoms with van der Waals surface area (Å²) in [5.74, 6) is -5.26. The molecule has 8 amide bonds. The molecule has 6 N–H and O–H groups in total. The van der Waals surface area contributed by atoms with Crippen LogP contribution < -0.4 is 26.6 Å². The molecule has 4 aromatic rings. The molecule has 0 saturated carbocycles. The molecule has 104 heavy (non-hydrogen) atoms. The monoisotopic (exact) mass is 1510 g/mol. The number of β-lactam (4-membered cyclic amide) rings is 2. The molecule has 4 aliphatic rings. The molecule has 0 unspecified atom stereocenters. The van der Waals surface area contributed by atoms with E-state index in [0.717, 1.165) is 38.7 Å². The van der Waals surface area contributed by atoms with Crippen molar-refractivity contribution in [3.63, 3.8) is 0 Å². The van der Waals surface area contributed by atoms with Crippen molar-refractivity contribution in [2.24, 2.45) is 10.3 Å². The van der Waals surface area contributed by atoms with Gasteiger partial charge in [-0.05, 0) is 122 Å². The Morgan fingerprint density at radius 1 is 0.577 bits per heavy atom. The number of esters is 2. The molecule has 0 spiro atoms. The Labute approximate surface area is 608 Å². The number of carbonyl (C=O) groups excluding carboxylic acids is 10. The van der Waals surface area contributed by atoms with Gasteiger partial charge in [-0.2, -0.15) is 8.42 Å². The van der Waals surface area contributed by atoms with E-state index in [1.165, 1.54) is 43.4 Å². The van der Waals surface area contributed by atoms with Crippen molar-refractivity contribution in [3.8, 4) is 0 Å². The predicted molar refractivity (Wildman–Crippen MR) is 373 cm³/mol. The Bertz CT molecular complexity index is 3970. The maximum absolute atomic E-state index is 13.8. The number of nitrogens with one attached hydrogen (secondary N) is 5. The lowest BCUT2D eigenvalue weighted by Gasteiger charge is -2.45. The summed E-state index contributed by atoms with van der Waals surface area (Å²) in [6.45, 7) is 26.2. The number of aromatic nitrogens is 2. The van der Waals surface area contributed by atoms with E-state index in [0.29, 0.717) is 6.61 Å². The third-order valence-electron chi connectivity index (χ3n) is 14.2. The molecule has 38 heteroatoms. The Kier molecular flexibility index (Phi) is 26.3. The van der Waals surface area contributed by atoms with Crippen LogP contribution in [0.4, 0.5) is 29.4 Å². The first kappa shape index (κ1) is 81.7. The van der Waals surface area contributed by atoms with Gasteiger partial charge >= 0.3 is 46.6 Å². The molecule has 4 saturated heterocycles. The van der Waals surface area contributed by atoms with Crippen LogP contribution in [0.15, 0.2) is 81.7 Å². The molecule has 8 rings (SSSR count). The van der Waals surface area contributed by atoms with Gasteiger partial charge in [0.1, 0.15) is 58.1 Å². The lowest BCUT2D eigenvalue weighted by Crippen LogP contribution is -2.74. The van der Waals surface area contributed by atoms with Crippen molar-refractivity contribution in [2.45, 2.75) is 194 Å². The third-order valence-corrected chi connectivity index (χ3v) is 16.7. The lowest BCUT2D eigenvalue weighted by atomic mass is 9.97. The fourth-order valence-corrected chi connectivity index (χ4v) is 11.7. The number of cyclic esters (lactones) is 2. The van der Waals surface area contributed by atoms with Crippen LogP contribution in [0.3, 0.4) is 0 Å². The van der Waals surface area contributed by atoms with Crippen LogP contribution in [0.2, 0.25) is 0 Å². The quantitative estimate of drug-likeness (QED) is 0.00963. The summed E-state index contributed by atoms with van der Waals surface area (Å²) in [7, 11) is -5.14. The number of hydrogen-bond acceptors (Lipinski definition) is 28. The van der Waals surface area contributed by atoms with Crippen molar-refractivity contribution in [2.75, 3.05) is 50.0 Å². The number of anilines is 2. The highest BCUT2D eigenvalue weighted by molar-refractivity contribution is 7.84. The Morgan fingerprint density at radius 3 is 1.34 bits per heavy atom. The Morgan fingerprint density at radius 2 is 0.962 bits per heavy atom. The number of hydrogen-bond donors (Lipinski definition) is 6. The molecule has 2 aromatic carbocycles. The van der Waals surface area contributed by atoms with Crippen molar-refractivity contribution in [1.82, 2.24) is 40.0 Å². The minimum Gasteiger partial charge on any atom is -0.457 e. The fraction of sp³-hybridized carbons (Fsp3) is 0.545. The molecule has 0 bridgehead atoms. The van der Waals surface area contributed by atoms with E-state index in [1.54, 1.807) is 83.1 Å². The van der Waals surface area contributed by atoms with Crippen LogP contribution in [-0.2, 0) is 99.9 Å². The van der Waals surface area contributed by atoms with Crippen LogP contribution in [0.5, 0.6) is 0 Å². The summed E-state index contributed by atoms with van der Waals surface area (Å²) in [6, 6.07) is 14.1. The molecular weight excluding hydrogens is 1420 g/mol. The highest BCUT2D eigenvalue weighted by atomic mass is 32.2. The standard InChI is InChI=1S/C33H44N6O13S2.C33H44N6O10S/c1-31(2,3)50-27(42)33(7,8)52-37-23(21-18-53-28(34-21)36-29(43)51-32(4,5)6)25(40)35-24-22(39(26(24)41)54(45,46)47)15-38-14-20(49-30(38)44)17-48-16-19-12-10-9-11-13-19;1-31(2,3)47-27(42)33(7,8)49-38-24(22-18-50-28(35-22)37-29(43)48-32(4,5)6)26(41)36-23-21(34-25(23)40)15-39-14-20(46-30(39)44)17-45-16-19-12-10-9-11-13-19/h9-13,18,20,22,24H,14-17H2,1-8H3,(H,35,40)(H,34,36,43)(H,45,46,47);9-13,18,20-21,23H,14-17H2,1-8H3,(H,34,40)(H,36,41)(H,35,37,43)/b37-23+;38-24+/t20-,22-,24+;20-,21-,23+/m11/s1. The van der Waals surface area contributed by atoms with E-state index in [9.17, 15) is 60.9 Å². The van der Waals surface area contributed by atoms with Gasteiger partial charge in [0.05, 0.1) is 51.6 Å². The van der Waals surface area contributed by atoms with Crippen molar-refractivity contribution >= 4 is 115 Å². The number of thiazole rings is 2. The fourth-order valence-electron chi connectivity index (χ4n) is 9.44. The first-order valence-corrected chi connectivity index (χ1v) is 35.7. The SMILES string of the molecule is CC(C)(C)OC(=O)Nc1nc(/C(=N\OC(C)(C)C(=O)OC(C)(C)C)C(=O)N[C@@H]2C(=O)N(S(=O)(=O)O)[C@@H]2CN2C[C@H](COCc3ccccc3)OC2=O)cs1.CC(C)(C)OC(=O)Nc1nc(/C(=N\OC(C)(C)C(=O)OC(C)(C)C)C(=O)N[C@@H]2C(=O)N[C@@H]2CN2C[C@H](COCc3ccccc3)OC2=O)cs1. The van der Waals surface area contributed by atoms with Gasteiger partial charge in [-0.3, -0.25) is 34.4 Å². The maximum atomic E-state index is 13.8. The summed E-state index contributed by atoms with van der Waals surface area (Å²) in [6.07, 6.45) is -4.25. The minimum atomic E-state index is -5.14. The molecule has 6 atom stereocenters. The van der Waals surface area contributed by atoms with E-state index < -0.39 is 152 Å². The van der Waals surface area contributed by atoms with Gasteiger partial charge in [0, 0.05) is 23.8 Å². The van der Waals surface area contributed by atoms with Gasteiger partial charge in [-0.1, -0.05) is 71.0 Å². The van der Waals surface area contributed by atoms with Crippen LogP contribution in [0.1, 0.15) is 133 Å². The van der Waals surface area contributed by atoms with Crippen LogP contribution in [-0.4, -0.2) is 218 Å². The number of benzene rings is 2. The van der Waals surface area contributed by atoms with Crippen LogP contribution in [0, 0.1) is 0 Å². The zero-order valence-corrected chi connectivity index (χ0v) is 62.8. The van der Waals surface area contributed by atoms with Gasteiger partial charge in [-0.15, -0.1) is 22.7 Å². The van der Waals surface area contributed by atoms with E-state index in [4.69, 9.17) is 47.6 Å². The van der Waals surface area contributed by atoms with E-state index >= 15 is 0 Å². The molecule has 4 aliphatic heterocycles. The average Bonchev–Trinajstić information content (AvgIpc) is 0.880. The van der Waals surface area contributed by atoms with Crippen LogP contribution in [0.25, 0.3) is 0 Å². The molecular formula is C66H88N12O23S3. The van der Waals surface area contributed by atoms with Crippen molar-refractivity contribution < 1.29 is 108 Å². The van der Waals surface area contributed by atoms with Gasteiger partial charge in [0.25, 0.3) is 17.7 Å². The third kappa shape index (κ3) is 24.2. The summed E-state index contributed by atoms with van der Waals surface area (Å²) in [4.78, 5) is 151. The second-order valence-corrected chi connectivity index (χ2v) is 31.9. The largest absolute Gasteiger partial charge is 0.457 e. The normalized spacial score (nSPS) is 19.5. The number of rotatable bonds is 27. The highest BCUT2D eigenvalue weighted by Crippen LogP contribution is 2.29. The van der Waals surface area contributed by atoms with Gasteiger partial charge in [-0.25, -0.2) is 43.0 Å². The summed E-state index contributed by atoms with van der Waals surface area (Å²) in [5.41, 5.74) is -5.97. The first-order valence-electron chi connectivity index (χ1n) is 32.5. The smallest absolute Gasteiger partial charge is 0.413 e. The number of ether oxygens (including phenoxy) is 8. The summed E-state index contributed by atoms with van der Waals surface area (Å²) in [5, 5.41) is 23.3. The molecule has 0 radical (unpaired) electrons. The zero-order valence-electron chi connectivity index (χ0n) is 60.3. The molecule has 2 aromatic heterocycles. The van der Waals surface area contributed by atoms with Gasteiger partial charge in [0.2, 0.25) is 17.1 Å². The second kappa shape index (κ2) is 33.4. The Hall–Kier alpha value is -9.63. The number of amides is 8. The summed E-state index contributed by atoms with van der Waals surface area (Å²) >= 11 is 1.86. The summed E-state index contributed by atoms with van der Waals surface area (Å²) < 4.78 is 77.9. The topological polar surface area (TPSA) is 438 Å². The number of oxime groups is 2. The van der Waals surface area contributed by atoms with Crippen LogP contribution >= 0.6 is 22.7 Å². The maximum Gasteiger partial charge on any atom is 0.413 e. The van der Waals surface area contributed by atoms with Crippen molar-refractivity contribution in [3.05, 3.63) is 93.9 Å². The van der Waals surface area contributed by atoms with E-state index in [2.05, 4.69) is 46.9 Å². The number of nitrogens with zero attached hydrogens (tertiary/aromatic N) is 7. The van der Waals surface area contributed by atoms with E-state index in [-0.39, 0.29) is 71.1 Å².